The summed E-state index contributed by atoms with van der Waals surface area (Å²) in [6, 6.07) is 11.6. The van der Waals surface area contributed by atoms with Crippen molar-refractivity contribution >= 4 is 38.8 Å². The fraction of sp³-hybridized carbons (Fsp3) is 0.238. The summed E-state index contributed by atoms with van der Waals surface area (Å²) >= 11 is 3.03. The normalized spacial score (nSPS) is 12.2. The number of carbonyl (C=O) groups excluding carboxylic acids is 1. The molecule has 4 aromatic rings. The summed E-state index contributed by atoms with van der Waals surface area (Å²) in [7, 11) is 0. The van der Waals surface area contributed by atoms with Crippen LogP contribution in [0.25, 0.3) is 20.8 Å². The largest absolute Gasteiger partial charge is 0.349 e. The highest BCUT2D eigenvalue weighted by Gasteiger charge is 2.17. The number of fused-ring (bicyclic) bond motifs is 1. The van der Waals surface area contributed by atoms with E-state index < -0.39 is 0 Å². The molecule has 1 amide bonds. The number of aromatic nitrogens is 3. The maximum atomic E-state index is 12.5. The van der Waals surface area contributed by atoms with Crippen LogP contribution in [0.4, 0.5) is 0 Å². The number of carbonyl (C=O) groups is 1. The fourth-order valence-corrected chi connectivity index (χ4v) is 4.97. The number of thiazole rings is 1. The van der Waals surface area contributed by atoms with Crippen LogP contribution in [0.5, 0.6) is 0 Å². The van der Waals surface area contributed by atoms with Gasteiger partial charge < -0.3 is 5.32 Å². The molecule has 6 nitrogen and oxygen atoms in total. The van der Waals surface area contributed by atoms with Crippen molar-refractivity contribution in [3.8, 4) is 10.6 Å². The van der Waals surface area contributed by atoms with Crippen molar-refractivity contribution in [2.24, 2.45) is 0 Å². The van der Waals surface area contributed by atoms with Crippen molar-refractivity contribution in [2.45, 2.75) is 32.9 Å². The third-order valence-electron chi connectivity index (χ3n) is 4.65. The zero-order valence-corrected chi connectivity index (χ0v) is 17.7. The van der Waals surface area contributed by atoms with Gasteiger partial charge in [-0.15, -0.1) is 22.7 Å². The smallest absolute Gasteiger partial charge is 0.262 e. The van der Waals surface area contributed by atoms with E-state index in [1.807, 2.05) is 49.6 Å². The van der Waals surface area contributed by atoms with Gasteiger partial charge in [0, 0.05) is 18.5 Å². The van der Waals surface area contributed by atoms with E-state index in [0.29, 0.717) is 11.9 Å². The minimum atomic E-state index is -0.147. The summed E-state index contributed by atoms with van der Waals surface area (Å²) in [6.07, 6.45) is 1.72. The molecule has 0 fully saturated rings. The van der Waals surface area contributed by atoms with Crippen LogP contribution in [-0.2, 0) is 11.3 Å². The number of rotatable bonds is 6. The van der Waals surface area contributed by atoms with Crippen molar-refractivity contribution in [1.82, 2.24) is 19.9 Å². The Bertz CT molecular complexity index is 1210. The Labute approximate surface area is 175 Å². The van der Waals surface area contributed by atoms with Gasteiger partial charge >= 0.3 is 0 Å². The number of aryl methyl sites for hydroxylation is 2. The molecule has 0 aliphatic rings. The summed E-state index contributed by atoms with van der Waals surface area (Å²) in [5.74, 6) is -0.108. The topological polar surface area (TPSA) is 76.9 Å². The quantitative estimate of drug-likeness (QED) is 0.504. The molecule has 1 atom stereocenters. The molecule has 0 saturated heterocycles. The van der Waals surface area contributed by atoms with Crippen LogP contribution in [0.2, 0.25) is 0 Å². The molecule has 1 unspecified atom stereocenters. The van der Waals surface area contributed by atoms with E-state index in [0.717, 1.165) is 26.0 Å². The molecule has 0 bridgehead atoms. The third kappa shape index (κ3) is 4.13. The van der Waals surface area contributed by atoms with Crippen LogP contribution in [0.3, 0.4) is 0 Å². The van der Waals surface area contributed by atoms with Gasteiger partial charge in [0.2, 0.25) is 5.91 Å². The summed E-state index contributed by atoms with van der Waals surface area (Å²) in [5, 5.41) is 6.41. The van der Waals surface area contributed by atoms with E-state index in [1.54, 1.807) is 17.4 Å². The van der Waals surface area contributed by atoms with Crippen molar-refractivity contribution in [3.63, 3.8) is 0 Å². The number of benzene rings is 1. The van der Waals surface area contributed by atoms with Gasteiger partial charge in [-0.2, -0.15) is 0 Å². The van der Waals surface area contributed by atoms with Crippen LogP contribution in [0, 0.1) is 6.92 Å². The Morgan fingerprint density at radius 1 is 1.24 bits per heavy atom. The third-order valence-corrected chi connectivity index (χ3v) is 6.86. The lowest BCUT2D eigenvalue weighted by Gasteiger charge is -2.13. The Morgan fingerprint density at radius 2 is 2.03 bits per heavy atom. The highest BCUT2D eigenvalue weighted by molar-refractivity contribution is 7.16. The molecule has 1 aromatic carbocycles. The molecule has 0 aliphatic heterocycles. The predicted molar refractivity (Wildman–Crippen MR) is 117 cm³/mol. The van der Waals surface area contributed by atoms with Gasteiger partial charge in [0.25, 0.3) is 5.56 Å². The lowest BCUT2D eigenvalue weighted by atomic mass is 10.2. The summed E-state index contributed by atoms with van der Waals surface area (Å²) in [5.41, 5.74) is 1.88. The first-order chi connectivity index (χ1) is 14.0. The van der Waals surface area contributed by atoms with Crippen molar-refractivity contribution in [2.75, 3.05) is 0 Å². The van der Waals surface area contributed by atoms with Crippen LogP contribution >= 0.6 is 22.7 Å². The van der Waals surface area contributed by atoms with Crippen molar-refractivity contribution in [3.05, 3.63) is 69.0 Å². The van der Waals surface area contributed by atoms with Gasteiger partial charge in [-0.05, 0) is 25.3 Å². The highest BCUT2D eigenvalue weighted by atomic mass is 32.1. The predicted octanol–water partition coefficient (Wildman–Crippen LogP) is 4.16. The molecule has 148 valence electrons. The van der Waals surface area contributed by atoms with E-state index in [-0.39, 0.29) is 23.9 Å². The van der Waals surface area contributed by atoms with E-state index in [2.05, 4.69) is 15.3 Å². The average molecular weight is 425 g/mol. The first-order valence-corrected chi connectivity index (χ1v) is 11.0. The molecular weight excluding hydrogens is 404 g/mol. The molecule has 0 radical (unpaired) electrons. The van der Waals surface area contributed by atoms with E-state index in [4.69, 9.17) is 0 Å². The van der Waals surface area contributed by atoms with Gasteiger partial charge in [0.05, 0.1) is 28.3 Å². The molecular formula is C21H20N4O2S2. The van der Waals surface area contributed by atoms with E-state index in [9.17, 15) is 9.59 Å². The number of hydrogen-bond donors (Lipinski definition) is 1. The first kappa shape index (κ1) is 19.5. The lowest BCUT2D eigenvalue weighted by molar-refractivity contribution is -0.121. The van der Waals surface area contributed by atoms with Crippen molar-refractivity contribution < 1.29 is 4.79 Å². The molecule has 0 aliphatic carbocycles. The number of thiophene rings is 1. The maximum Gasteiger partial charge on any atom is 0.262 e. The summed E-state index contributed by atoms with van der Waals surface area (Å²) in [6.45, 7) is 4.22. The van der Waals surface area contributed by atoms with Crippen LogP contribution in [0.15, 0.2) is 52.9 Å². The van der Waals surface area contributed by atoms with E-state index >= 15 is 0 Å². The highest BCUT2D eigenvalue weighted by Crippen LogP contribution is 2.31. The Kier molecular flexibility index (Phi) is 5.55. The fourth-order valence-electron chi connectivity index (χ4n) is 3.17. The molecule has 8 heteroatoms. The molecule has 0 spiro atoms. The van der Waals surface area contributed by atoms with Gasteiger partial charge in [-0.25, -0.2) is 9.97 Å². The summed E-state index contributed by atoms with van der Waals surface area (Å²) in [4.78, 5) is 35.6. The van der Waals surface area contributed by atoms with E-state index in [1.165, 1.54) is 22.2 Å². The zero-order chi connectivity index (χ0) is 20.4. The molecule has 29 heavy (non-hydrogen) atoms. The average Bonchev–Trinajstić information content (AvgIpc) is 3.35. The number of amides is 1. The Hall–Kier alpha value is -2.84. The number of nitrogens with one attached hydrogen (secondary N) is 1. The van der Waals surface area contributed by atoms with Crippen LogP contribution in [-0.4, -0.2) is 20.4 Å². The molecule has 0 saturated carbocycles. The molecule has 3 aromatic heterocycles. The molecule has 3 heterocycles. The lowest BCUT2D eigenvalue weighted by Crippen LogP contribution is -2.29. The Balaban J connectivity index is 1.41. The zero-order valence-electron chi connectivity index (χ0n) is 16.1. The maximum absolute atomic E-state index is 12.5. The van der Waals surface area contributed by atoms with Gasteiger partial charge in [0.15, 0.2) is 0 Å². The van der Waals surface area contributed by atoms with Crippen LogP contribution < -0.4 is 10.9 Å². The minimum absolute atomic E-state index is 0.108. The second-order valence-electron chi connectivity index (χ2n) is 6.76. The second-order valence-corrected chi connectivity index (χ2v) is 8.68. The van der Waals surface area contributed by atoms with Crippen LogP contribution in [0.1, 0.15) is 30.0 Å². The minimum Gasteiger partial charge on any atom is -0.349 e. The Morgan fingerprint density at radius 3 is 2.83 bits per heavy atom. The monoisotopic (exact) mass is 424 g/mol. The van der Waals surface area contributed by atoms with Gasteiger partial charge in [-0.3, -0.25) is 14.2 Å². The molecule has 4 rings (SSSR count). The van der Waals surface area contributed by atoms with Crippen molar-refractivity contribution in [1.29, 1.82) is 0 Å². The SMILES string of the molecule is Cc1nc(-c2ccccc2)sc1C(C)NC(=O)CCn1cnc2sccc2c1=O. The number of hydrogen-bond acceptors (Lipinski definition) is 6. The first-order valence-electron chi connectivity index (χ1n) is 9.27. The second kappa shape index (κ2) is 8.26. The standard InChI is InChI=1S/C21H20N4O2S2/c1-13(18-14(2)24-19(29-18)15-6-4-3-5-7-15)23-17(26)8-10-25-12-22-20-16(21(25)27)9-11-28-20/h3-7,9,11-13H,8,10H2,1-2H3,(H,23,26). The van der Waals surface area contributed by atoms with Gasteiger partial charge in [-0.1, -0.05) is 30.3 Å². The summed E-state index contributed by atoms with van der Waals surface area (Å²) < 4.78 is 1.49. The van der Waals surface area contributed by atoms with Gasteiger partial charge in [0.1, 0.15) is 9.84 Å². The number of nitrogens with zero attached hydrogens (tertiary/aromatic N) is 3. The molecule has 1 N–H and O–H groups in total.